The van der Waals surface area contributed by atoms with Crippen LogP contribution in [0, 0.1) is 12.8 Å². The summed E-state index contributed by atoms with van der Waals surface area (Å²) in [6, 6.07) is 8.50. The Balaban J connectivity index is 1.66. The lowest BCUT2D eigenvalue weighted by Crippen LogP contribution is -2.37. The van der Waals surface area contributed by atoms with Crippen LogP contribution in [0.4, 0.5) is 0 Å². The zero-order valence-electron chi connectivity index (χ0n) is 13.3. The molecule has 1 saturated carbocycles. The van der Waals surface area contributed by atoms with Gasteiger partial charge in [0.05, 0.1) is 0 Å². The number of aryl methyl sites for hydroxylation is 1. The first-order valence-electron chi connectivity index (χ1n) is 8.24. The molecular formula is C18H29NO2. The van der Waals surface area contributed by atoms with Crippen molar-refractivity contribution in [2.24, 2.45) is 5.92 Å². The molecule has 2 rings (SSSR count). The first kappa shape index (κ1) is 16.3. The van der Waals surface area contributed by atoms with E-state index in [-0.39, 0.29) is 0 Å². The predicted molar refractivity (Wildman–Crippen MR) is 86.7 cm³/mol. The van der Waals surface area contributed by atoms with Crippen molar-refractivity contribution in [3.05, 3.63) is 29.8 Å². The molecule has 1 aromatic carbocycles. The highest BCUT2D eigenvalue weighted by Crippen LogP contribution is 2.22. The van der Waals surface area contributed by atoms with Gasteiger partial charge < -0.3 is 15.2 Å². The minimum absolute atomic E-state index is 0.347. The number of hydrogen-bond acceptors (Lipinski definition) is 3. The summed E-state index contributed by atoms with van der Waals surface area (Å²) in [5, 5.41) is 13.5. The van der Waals surface area contributed by atoms with Crippen LogP contribution in [0.2, 0.25) is 0 Å². The normalized spacial score (nSPS) is 24.3. The topological polar surface area (TPSA) is 41.5 Å². The van der Waals surface area contributed by atoms with Gasteiger partial charge in [-0.2, -0.15) is 0 Å². The number of nitrogens with one attached hydrogen (secondary N) is 1. The van der Waals surface area contributed by atoms with Crippen molar-refractivity contribution < 1.29 is 9.84 Å². The number of hydrogen-bond donors (Lipinski definition) is 2. The second-order valence-corrected chi connectivity index (χ2v) is 6.50. The summed E-state index contributed by atoms with van der Waals surface area (Å²) in [6.45, 7) is 5.34. The highest BCUT2D eigenvalue weighted by molar-refractivity contribution is 5.27. The van der Waals surface area contributed by atoms with Gasteiger partial charge in [0, 0.05) is 12.6 Å². The van der Waals surface area contributed by atoms with Crippen LogP contribution in [0.1, 0.15) is 44.6 Å². The van der Waals surface area contributed by atoms with E-state index in [1.807, 2.05) is 31.2 Å². The third kappa shape index (κ3) is 6.06. The van der Waals surface area contributed by atoms with Crippen molar-refractivity contribution in [2.75, 3.05) is 13.2 Å². The van der Waals surface area contributed by atoms with Gasteiger partial charge >= 0.3 is 0 Å². The SMILES string of the molecule is Cc1cccc(OCC(O)CNC2CCCC(C)CC2)c1. The van der Waals surface area contributed by atoms with Crippen LogP contribution in [-0.2, 0) is 0 Å². The maximum absolute atomic E-state index is 10.0. The minimum Gasteiger partial charge on any atom is -0.491 e. The summed E-state index contributed by atoms with van der Waals surface area (Å²) in [5.74, 6) is 1.68. The fourth-order valence-corrected chi connectivity index (χ4v) is 2.95. The molecule has 0 saturated heterocycles. The molecule has 0 spiro atoms. The Kier molecular flexibility index (Phi) is 6.52. The first-order valence-corrected chi connectivity index (χ1v) is 8.24. The summed E-state index contributed by atoms with van der Waals surface area (Å²) < 4.78 is 5.64. The van der Waals surface area contributed by atoms with E-state index in [9.17, 15) is 5.11 Å². The van der Waals surface area contributed by atoms with Crippen molar-refractivity contribution in [3.8, 4) is 5.75 Å². The van der Waals surface area contributed by atoms with E-state index in [1.165, 1.54) is 37.7 Å². The van der Waals surface area contributed by atoms with Crippen LogP contribution in [-0.4, -0.2) is 30.4 Å². The van der Waals surface area contributed by atoms with E-state index >= 15 is 0 Å². The van der Waals surface area contributed by atoms with Crippen LogP contribution >= 0.6 is 0 Å². The third-order valence-electron chi connectivity index (χ3n) is 4.33. The third-order valence-corrected chi connectivity index (χ3v) is 4.33. The van der Waals surface area contributed by atoms with Crippen molar-refractivity contribution >= 4 is 0 Å². The molecule has 0 amide bonds. The molecule has 3 heteroatoms. The Bertz CT molecular complexity index is 421. The van der Waals surface area contributed by atoms with Crippen LogP contribution in [0.3, 0.4) is 0 Å². The largest absolute Gasteiger partial charge is 0.491 e. The molecule has 3 unspecified atom stereocenters. The van der Waals surface area contributed by atoms with E-state index in [0.29, 0.717) is 19.2 Å². The second kappa shape index (κ2) is 8.40. The van der Waals surface area contributed by atoms with Crippen molar-refractivity contribution in [1.82, 2.24) is 5.32 Å². The van der Waals surface area contributed by atoms with E-state index < -0.39 is 6.10 Å². The number of aliphatic hydroxyl groups is 1. The molecule has 1 aliphatic rings. The molecule has 1 fully saturated rings. The van der Waals surface area contributed by atoms with Crippen LogP contribution < -0.4 is 10.1 Å². The van der Waals surface area contributed by atoms with Crippen LogP contribution in [0.5, 0.6) is 5.75 Å². The molecule has 21 heavy (non-hydrogen) atoms. The number of ether oxygens (including phenoxy) is 1. The molecule has 1 aromatic rings. The molecule has 0 aromatic heterocycles. The Morgan fingerprint density at radius 2 is 2.14 bits per heavy atom. The Hall–Kier alpha value is -1.06. The van der Waals surface area contributed by atoms with Crippen LogP contribution in [0.15, 0.2) is 24.3 Å². The summed E-state index contributed by atoms with van der Waals surface area (Å²) in [5.41, 5.74) is 1.17. The Morgan fingerprint density at radius 3 is 2.95 bits per heavy atom. The number of rotatable bonds is 6. The zero-order valence-corrected chi connectivity index (χ0v) is 13.3. The molecule has 0 aliphatic heterocycles. The summed E-state index contributed by atoms with van der Waals surface area (Å²) in [7, 11) is 0. The number of benzene rings is 1. The van der Waals surface area contributed by atoms with Crippen LogP contribution in [0.25, 0.3) is 0 Å². The van der Waals surface area contributed by atoms with Gasteiger partial charge in [-0.1, -0.05) is 31.9 Å². The van der Waals surface area contributed by atoms with Gasteiger partial charge in [0.1, 0.15) is 18.5 Å². The molecule has 118 valence electrons. The standard InChI is InChI=1S/C18H29NO2/c1-14-5-3-7-16(10-9-14)19-12-17(20)13-21-18-8-4-6-15(2)11-18/h4,6,8,11,14,16-17,19-20H,3,5,7,9-10,12-13H2,1-2H3. The smallest absolute Gasteiger partial charge is 0.119 e. The van der Waals surface area contributed by atoms with Gasteiger partial charge in [0.25, 0.3) is 0 Å². The highest BCUT2D eigenvalue weighted by Gasteiger charge is 2.16. The average Bonchev–Trinajstić information content (AvgIpc) is 2.68. The Labute approximate surface area is 128 Å². The zero-order chi connectivity index (χ0) is 15.1. The maximum Gasteiger partial charge on any atom is 0.119 e. The molecule has 0 bridgehead atoms. The maximum atomic E-state index is 10.0. The lowest BCUT2D eigenvalue weighted by molar-refractivity contribution is 0.103. The lowest BCUT2D eigenvalue weighted by Gasteiger charge is -2.19. The first-order chi connectivity index (χ1) is 10.1. The molecule has 1 aliphatic carbocycles. The lowest BCUT2D eigenvalue weighted by atomic mass is 10.0. The van der Waals surface area contributed by atoms with Gasteiger partial charge in [0.15, 0.2) is 0 Å². The quantitative estimate of drug-likeness (QED) is 0.790. The highest BCUT2D eigenvalue weighted by atomic mass is 16.5. The van der Waals surface area contributed by atoms with Gasteiger partial charge in [-0.25, -0.2) is 0 Å². The molecular weight excluding hydrogens is 262 g/mol. The predicted octanol–water partition coefficient (Wildman–Crippen LogP) is 3.29. The molecule has 3 atom stereocenters. The molecule has 3 nitrogen and oxygen atoms in total. The van der Waals surface area contributed by atoms with Gasteiger partial charge in [-0.3, -0.25) is 0 Å². The second-order valence-electron chi connectivity index (χ2n) is 6.50. The van der Waals surface area contributed by atoms with Crippen molar-refractivity contribution in [2.45, 2.75) is 58.1 Å². The van der Waals surface area contributed by atoms with Gasteiger partial charge in [-0.15, -0.1) is 0 Å². The fourth-order valence-electron chi connectivity index (χ4n) is 2.95. The fraction of sp³-hybridized carbons (Fsp3) is 0.667. The van der Waals surface area contributed by atoms with Gasteiger partial charge in [0.2, 0.25) is 0 Å². The molecule has 2 N–H and O–H groups in total. The Morgan fingerprint density at radius 1 is 1.29 bits per heavy atom. The van der Waals surface area contributed by atoms with E-state index in [4.69, 9.17) is 4.74 Å². The average molecular weight is 291 g/mol. The summed E-state index contributed by atoms with van der Waals surface area (Å²) >= 11 is 0. The number of aliphatic hydroxyl groups excluding tert-OH is 1. The van der Waals surface area contributed by atoms with E-state index in [0.717, 1.165) is 11.7 Å². The summed E-state index contributed by atoms with van der Waals surface area (Å²) in [6.07, 6.45) is 5.95. The minimum atomic E-state index is -0.453. The van der Waals surface area contributed by atoms with E-state index in [2.05, 4.69) is 12.2 Å². The molecule has 0 radical (unpaired) electrons. The van der Waals surface area contributed by atoms with Crippen molar-refractivity contribution in [1.29, 1.82) is 0 Å². The van der Waals surface area contributed by atoms with Gasteiger partial charge in [-0.05, 0) is 49.8 Å². The van der Waals surface area contributed by atoms with Crippen molar-refractivity contribution in [3.63, 3.8) is 0 Å². The summed E-state index contributed by atoms with van der Waals surface area (Å²) in [4.78, 5) is 0. The van der Waals surface area contributed by atoms with E-state index in [1.54, 1.807) is 0 Å². The monoisotopic (exact) mass is 291 g/mol. The molecule has 0 heterocycles.